The SMILES string of the molecule is N#CCc1ccc(F)nc1.O=C(O)Cc1ccc(Nc2ccccc2)nc1. The first kappa shape index (κ1) is 19.5. The highest BCUT2D eigenvalue weighted by Gasteiger charge is 2.01. The Morgan fingerprint density at radius 3 is 2.30 bits per heavy atom. The number of carboxylic acids is 1. The third-order valence-corrected chi connectivity index (χ3v) is 3.30. The molecule has 27 heavy (non-hydrogen) atoms. The summed E-state index contributed by atoms with van der Waals surface area (Å²) >= 11 is 0. The van der Waals surface area contributed by atoms with Gasteiger partial charge in [0.15, 0.2) is 0 Å². The molecule has 0 radical (unpaired) electrons. The summed E-state index contributed by atoms with van der Waals surface area (Å²) in [6.07, 6.45) is 3.21. The van der Waals surface area contributed by atoms with Crippen molar-refractivity contribution in [1.29, 1.82) is 5.26 Å². The number of hydrogen-bond donors (Lipinski definition) is 2. The molecule has 0 aliphatic carbocycles. The minimum atomic E-state index is -0.851. The summed E-state index contributed by atoms with van der Waals surface area (Å²) in [5.74, 6) is -0.664. The predicted molar refractivity (Wildman–Crippen MR) is 98.8 cm³/mol. The second-order valence-electron chi connectivity index (χ2n) is 5.44. The van der Waals surface area contributed by atoms with E-state index in [2.05, 4.69) is 15.3 Å². The molecule has 2 N–H and O–H groups in total. The van der Waals surface area contributed by atoms with Crippen LogP contribution in [0.4, 0.5) is 15.9 Å². The number of carboxylic acid groups (broad SMARTS) is 1. The quantitative estimate of drug-likeness (QED) is 0.669. The van der Waals surface area contributed by atoms with Crippen molar-refractivity contribution < 1.29 is 14.3 Å². The Hall–Kier alpha value is -3.79. The maximum absolute atomic E-state index is 12.1. The summed E-state index contributed by atoms with van der Waals surface area (Å²) in [5.41, 5.74) is 2.38. The average Bonchev–Trinajstić information content (AvgIpc) is 2.66. The molecule has 6 nitrogen and oxygen atoms in total. The molecule has 3 aromatic rings. The number of hydrogen-bond acceptors (Lipinski definition) is 5. The number of aliphatic carboxylic acids is 1. The van der Waals surface area contributed by atoms with Gasteiger partial charge < -0.3 is 10.4 Å². The van der Waals surface area contributed by atoms with Gasteiger partial charge >= 0.3 is 5.97 Å². The van der Waals surface area contributed by atoms with Gasteiger partial charge in [0.25, 0.3) is 0 Å². The second kappa shape index (κ2) is 10.3. The highest BCUT2D eigenvalue weighted by molar-refractivity contribution is 5.70. The largest absolute Gasteiger partial charge is 0.481 e. The van der Waals surface area contributed by atoms with Crippen LogP contribution < -0.4 is 5.32 Å². The molecule has 2 aromatic heterocycles. The third kappa shape index (κ3) is 7.32. The molecule has 0 aliphatic heterocycles. The lowest BCUT2D eigenvalue weighted by molar-refractivity contribution is -0.136. The van der Waals surface area contributed by atoms with Crippen LogP contribution in [0.1, 0.15) is 11.1 Å². The van der Waals surface area contributed by atoms with E-state index in [0.29, 0.717) is 11.4 Å². The van der Waals surface area contributed by atoms with Crippen LogP contribution in [-0.2, 0) is 17.6 Å². The van der Waals surface area contributed by atoms with Crippen molar-refractivity contribution in [3.8, 4) is 6.07 Å². The van der Waals surface area contributed by atoms with E-state index in [1.807, 2.05) is 36.4 Å². The lowest BCUT2D eigenvalue weighted by Crippen LogP contribution is -2.01. The first-order chi connectivity index (χ1) is 13.1. The van der Waals surface area contributed by atoms with Gasteiger partial charge in [-0.2, -0.15) is 9.65 Å². The zero-order chi connectivity index (χ0) is 19.5. The van der Waals surface area contributed by atoms with E-state index < -0.39 is 11.9 Å². The van der Waals surface area contributed by atoms with Gasteiger partial charge in [0.05, 0.1) is 18.9 Å². The summed E-state index contributed by atoms with van der Waals surface area (Å²) in [4.78, 5) is 18.0. The number of benzene rings is 1. The topological polar surface area (TPSA) is 98.9 Å². The van der Waals surface area contributed by atoms with Crippen molar-refractivity contribution in [1.82, 2.24) is 9.97 Å². The van der Waals surface area contributed by atoms with E-state index in [0.717, 1.165) is 11.3 Å². The lowest BCUT2D eigenvalue weighted by Gasteiger charge is -2.05. The number of anilines is 2. The van der Waals surface area contributed by atoms with E-state index >= 15 is 0 Å². The maximum atomic E-state index is 12.1. The van der Waals surface area contributed by atoms with Crippen LogP contribution in [0.2, 0.25) is 0 Å². The van der Waals surface area contributed by atoms with E-state index in [1.165, 1.54) is 12.3 Å². The minimum Gasteiger partial charge on any atom is -0.481 e. The van der Waals surface area contributed by atoms with Gasteiger partial charge in [0, 0.05) is 18.1 Å². The van der Waals surface area contributed by atoms with Crippen LogP contribution in [0.5, 0.6) is 0 Å². The zero-order valence-corrected chi connectivity index (χ0v) is 14.3. The number of para-hydroxylation sites is 1. The zero-order valence-electron chi connectivity index (χ0n) is 14.3. The Morgan fingerprint density at radius 1 is 1.04 bits per heavy atom. The molecular weight excluding hydrogens is 347 g/mol. The van der Waals surface area contributed by atoms with Gasteiger partial charge in [0.1, 0.15) is 5.82 Å². The van der Waals surface area contributed by atoms with Crippen molar-refractivity contribution in [3.05, 3.63) is 84.1 Å². The molecule has 0 bridgehead atoms. The first-order valence-corrected chi connectivity index (χ1v) is 8.03. The number of halogens is 1. The monoisotopic (exact) mass is 364 g/mol. The van der Waals surface area contributed by atoms with Gasteiger partial charge in [-0.15, -0.1) is 0 Å². The van der Waals surface area contributed by atoms with Crippen molar-refractivity contribution in [2.24, 2.45) is 0 Å². The van der Waals surface area contributed by atoms with Crippen molar-refractivity contribution in [2.75, 3.05) is 5.32 Å². The molecule has 0 saturated heterocycles. The molecule has 2 heterocycles. The third-order valence-electron chi connectivity index (χ3n) is 3.30. The molecule has 0 fully saturated rings. The molecule has 0 spiro atoms. The van der Waals surface area contributed by atoms with Crippen LogP contribution in [0.15, 0.2) is 67.0 Å². The Labute approximate surface area is 156 Å². The number of nitriles is 1. The fraction of sp³-hybridized carbons (Fsp3) is 0.100. The van der Waals surface area contributed by atoms with Gasteiger partial charge in [-0.1, -0.05) is 30.3 Å². The molecule has 0 aliphatic rings. The van der Waals surface area contributed by atoms with Crippen molar-refractivity contribution in [2.45, 2.75) is 12.8 Å². The maximum Gasteiger partial charge on any atom is 0.307 e. The number of pyridine rings is 2. The number of carbonyl (C=O) groups is 1. The summed E-state index contributed by atoms with van der Waals surface area (Å²) in [5, 5.41) is 20.0. The normalized spacial score (nSPS) is 9.48. The Bertz CT molecular complexity index is 892. The van der Waals surface area contributed by atoms with Crippen LogP contribution in [0.25, 0.3) is 0 Å². The lowest BCUT2D eigenvalue weighted by atomic mass is 10.2. The highest BCUT2D eigenvalue weighted by Crippen LogP contribution is 2.13. The van der Waals surface area contributed by atoms with Crippen molar-refractivity contribution >= 4 is 17.5 Å². The fourth-order valence-corrected chi connectivity index (χ4v) is 2.05. The van der Waals surface area contributed by atoms with E-state index in [1.54, 1.807) is 24.4 Å². The Balaban J connectivity index is 0.000000223. The molecule has 1 aromatic carbocycles. The molecule has 0 amide bonds. The summed E-state index contributed by atoms with van der Waals surface area (Å²) < 4.78 is 12.1. The molecule has 3 rings (SSSR count). The fourth-order valence-electron chi connectivity index (χ4n) is 2.05. The van der Waals surface area contributed by atoms with Gasteiger partial charge in [-0.05, 0) is 35.4 Å². The van der Waals surface area contributed by atoms with E-state index in [-0.39, 0.29) is 12.8 Å². The summed E-state index contributed by atoms with van der Waals surface area (Å²) in [7, 11) is 0. The molecular formula is C20H17FN4O2. The Kier molecular flexibility index (Phi) is 7.42. The Morgan fingerprint density at radius 2 is 1.74 bits per heavy atom. The predicted octanol–water partition coefficient (Wildman–Crippen LogP) is 3.74. The average molecular weight is 364 g/mol. The van der Waals surface area contributed by atoms with E-state index in [4.69, 9.17) is 10.4 Å². The van der Waals surface area contributed by atoms with Gasteiger partial charge in [-0.3, -0.25) is 4.79 Å². The first-order valence-electron chi connectivity index (χ1n) is 8.03. The minimum absolute atomic E-state index is 0.00137. The van der Waals surface area contributed by atoms with Gasteiger partial charge in [-0.25, -0.2) is 9.97 Å². The summed E-state index contributed by atoms with van der Waals surface area (Å²) in [6.45, 7) is 0. The molecule has 7 heteroatoms. The number of nitrogens with zero attached hydrogens (tertiary/aromatic N) is 3. The standard InChI is InChI=1S/C13H12N2O2.C7H5FN2/c16-13(17)8-10-6-7-12(14-9-10)15-11-4-2-1-3-5-11;8-7-2-1-6(3-4-9)5-10-7/h1-7,9H,8H2,(H,14,15)(H,16,17);1-2,5H,3H2. The molecule has 136 valence electrons. The smallest absolute Gasteiger partial charge is 0.307 e. The molecule has 0 saturated carbocycles. The number of nitrogens with one attached hydrogen (secondary N) is 1. The number of rotatable bonds is 5. The molecule has 0 unspecified atom stereocenters. The van der Waals surface area contributed by atoms with Crippen LogP contribution in [0, 0.1) is 17.3 Å². The van der Waals surface area contributed by atoms with Crippen LogP contribution in [-0.4, -0.2) is 21.0 Å². The highest BCUT2D eigenvalue weighted by atomic mass is 19.1. The van der Waals surface area contributed by atoms with Crippen molar-refractivity contribution in [3.63, 3.8) is 0 Å². The second-order valence-corrected chi connectivity index (χ2v) is 5.44. The number of aromatic nitrogens is 2. The van der Waals surface area contributed by atoms with E-state index in [9.17, 15) is 9.18 Å². The van der Waals surface area contributed by atoms with Crippen LogP contribution in [0.3, 0.4) is 0 Å². The van der Waals surface area contributed by atoms with Crippen LogP contribution >= 0.6 is 0 Å². The van der Waals surface area contributed by atoms with Gasteiger partial charge in [0.2, 0.25) is 5.95 Å². The molecule has 0 atom stereocenters. The summed E-state index contributed by atoms with van der Waals surface area (Å²) in [6, 6.07) is 17.9.